The van der Waals surface area contributed by atoms with Crippen LogP contribution in [0.3, 0.4) is 0 Å². The van der Waals surface area contributed by atoms with Gasteiger partial charge in [-0.3, -0.25) is 4.79 Å². The minimum absolute atomic E-state index is 0.0898. The van der Waals surface area contributed by atoms with E-state index in [9.17, 15) is 13.2 Å². The van der Waals surface area contributed by atoms with Gasteiger partial charge in [-0.2, -0.15) is 4.31 Å². The maximum atomic E-state index is 12.6. The van der Waals surface area contributed by atoms with Crippen molar-refractivity contribution < 1.29 is 13.2 Å². The van der Waals surface area contributed by atoms with E-state index >= 15 is 0 Å². The summed E-state index contributed by atoms with van der Waals surface area (Å²) in [4.78, 5) is 14.8. The zero-order chi connectivity index (χ0) is 19.6. The van der Waals surface area contributed by atoms with Crippen LogP contribution >= 0.6 is 34.5 Å². The Balaban J connectivity index is 1.64. The Morgan fingerprint density at radius 2 is 1.85 bits per heavy atom. The van der Waals surface area contributed by atoms with Crippen molar-refractivity contribution in [2.75, 3.05) is 20.1 Å². The van der Waals surface area contributed by atoms with Gasteiger partial charge in [0.25, 0.3) is 10.0 Å². The molecule has 1 aromatic heterocycles. The number of rotatable bonds is 6. The van der Waals surface area contributed by atoms with Gasteiger partial charge in [0.1, 0.15) is 4.21 Å². The molecular weight excluding hydrogens is 427 g/mol. The molecule has 1 aliphatic rings. The van der Waals surface area contributed by atoms with Crippen LogP contribution in [0.5, 0.6) is 0 Å². The smallest absolute Gasteiger partial charge is 0.252 e. The molecule has 27 heavy (non-hydrogen) atoms. The maximum absolute atomic E-state index is 12.6. The third kappa shape index (κ3) is 4.84. The number of carbonyl (C=O) groups is 1. The summed E-state index contributed by atoms with van der Waals surface area (Å²) in [5.74, 6) is -0.0898. The quantitative estimate of drug-likeness (QED) is 0.672. The van der Waals surface area contributed by atoms with Gasteiger partial charge in [0.15, 0.2) is 0 Å². The Morgan fingerprint density at radius 3 is 2.52 bits per heavy atom. The van der Waals surface area contributed by atoms with Gasteiger partial charge in [0, 0.05) is 31.6 Å². The second-order valence-electron chi connectivity index (χ2n) is 6.51. The molecule has 0 radical (unpaired) electrons. The average Bonchev–Trinajstić information content (AvgIpc) is 3.30. The summed E-state index contributed by atoms with van der Waals surface area (Å²) < 4.78 is 27.0. The van der Waals surface area contributed by atoms with E-state index in [1.807, 2.05) is 6.07 Å². The van der Waals surface area contributed by atoms with Gasteiger partial charge >= 0.3 is 0 Å². The van der Waals surface area contributed by atoms with E-state index < -0.39 is 10.0 Å². The molecule has 1 aromatic carbocycles. The van der Waals surface area contributed by atoms with Gasteiger partial charge in [-0.1, -0.05) is 29.3 Å². The van der Waals surface area contributed by atoms with E-state index in [0.29, 0.717) is 33.9 Å². The second kappa shape index (κ2) is 8.49. The Labute approximate surface area is 173 Å². The summed E-state index contributed by atoms with van der Waals surface area (Å²) in [6, 6.07) is 8.58. The Bertz CT molecular complexity index is 938. The van der Waals surface area contributed by atoms with Crippen LogP contribution in [0.25, 0.3) is 0 Å². The van der Waals surface area contributed by atoms with Crippen LogP contribution in [0, 0.1) is 0 Å². The van der Waals surface area contributed by atoms with Gasteiger partial charge in [0.05, 0.1) is 16.5 Å². The van der Waals surface area contributed by atoms with Crippen LogP contribution in [0.2, 0.25) is 10.0 Å². The number of amides is 1. The lowest BCUT2D eigenvalue weighted by Gasteiger charge is -2.17. The number of halogens is 2. The van der Waals surface area contributed by atoms with Crippen molar-refractivity contribution in [3.8, 4) is 0 Å². The van der Waals surface area contributed by atoms with E-state index in [0.717, 1.165) is 23.3 Å². The fourth-order valence-electron chi connectivity index (χ4n) is 2.93. The van der Waals surface area contributed by atoms with Crippen LogP contribution in [0.15, 0.2) is 34.5 Å². The predicted molar refractivity (Wildman–Crippen MR) is 109 cm³/mol. The molecule has 0 aliphatic carbocycles. The monoisotopic (exact) mass is 446 g/mol. The molecule has 9 heteroatoms. The first-order valence-corrected chi connectivity index (χ1v) is 11.6. The molecule has 0 spiro atoms. The molecule has 3 rings (SSSR count). The first kappa shape index (κ1) is 20.6. The SMILES string of the molecule is CN(Cc1ccc(Cl)c(Cl)c1)C(=O)Cc1ccc(S(=O)(=O)N2CCCC2)s1. The summed E-state index contributed by atoms with van der Waals surface area (Å²) in [6.07, 6.45) is 1.96. The Hall–Kier alpha value is -1.12. The highest BCUT2D eigenvalue weighted by molar-refractivity contribution is 7.91. The summed E-state index contributed by atoms with van der Waals surface area (Å²) in [6.45, 7) is 1.54. The van der Waals surface area contributed by atoms with Gasteiger partial charge in [-0.05, 0) is 42.7 Å². The molecule has 1 fully saturated rings. The normalized spacial score (nSPS) is 15.2. The van der Waals surface area contributed by atoms with Crippen LogP contribution in [-0.4, -0.2) is 43.7 Å². The first-order valence-electron chi connectivity index (χ1n) is 8.54. The molecule has 5 nitrogen and oxygen atoms in total. The molecule has 1 saturated heterocycles. The molecule has 1 aliphatic heterocycles. The highest BCUT2D eigenvalue weighted by Crippen LogP contribution is 2.28. The minimum atomic E-state index is -3.43. The summed E-state index contributed by atoms with van der Waals surface area (Å²) in [5, 5.41) is 0.921. The summed E-state index contributed by atoms with van der Waals surface area (Å²) in [5.41, 5.74) is 0.878. The van der Waals surface area contributed by atoms with Gasteiger partial charge in [-0.15, -0.1) is 11.3 Å². The molecule has 0 saturated carbocycles. The van der Waals surface area contributed by atoms with E-state index in [1.165, 1.54) is 15.6 Å². The average molecular weight is 447 g/mol. The Morgan fingerprint density at radius 1 is 1.15 bits per heavy atom. The number of thiophene rings is 1. The highest BCUT2D eigenvalue weighted by Gasteiger charge is 2.28. The molecule has 1 amide bonds. The van der Waals surface area contributed by atoms with Crippen molar-refractivity contribution in [3.05, 3.63) is 50.8 Å². The van der Waals surface area contributed by atoms with Crippen molar-refractivity contribution >= 4 is 50.5 Å². The number of nitrogens with zero attached hydrogens (tertiary/aromatic N) is 2. The third-order valence-electron chi connectivity index (χ3n) is 4.45. The topological polar surface area (TPSA) is 57.7 Å². The zero-order valence-corrected chi connectivity index (χ0v) is 18.0. The molecule has 0 bridgehead atoms. The van der Waals surface area contributed by atoms with E-state index in [4.69, 9.17) is 23.2 Å². The lowest BCUT2D eigenvalue weighted by molar-refractivity contribution is -0.129. The van der Waals surface area contributed by atoms with Crippen molar-refractivity contribution in [1.82, 2.24) is 9.21 Å². The number of sulfonamides is 1. The largest absolute Gasteiger partial charge is 0.341 e. The van der Waals surface area contributed by atoms with Gasteiger partial charge in [-0.25, -0.2) is 8.42 Å². The van der Waals surface area contributed by atoms with Crippen LogP contribution in [0.1, 0.15) is 23.3 Å². The maximum Gasteiger partial charge on any atom is 0.252 e. The number of hydrogen-bond donors (Lipinski definition) is 0. The number of carbonyl (C=O) groups excluding carboxylic acids is 1. The van der Waals surface area contributed by atoms with E-state index in [1.54, 1.807) is 36.2 Å². The lowest BCUT2D eigenvalue weighted by atomic mass is 10.2. The number of likely N-dealkylation sites (N-methyl/N-ethyl adjacent to an activating group) is 1. The molecule has 0 N–H and O–H groups in total. The van der Waals surface area contributed by atoms with Crippen molar-refractivity contribution in [2.24, 2.45) is 0 Å². The number of benzene rings is 1. The van der Waals surface area contributed by atoms with Crippen molar-refractivity contribution in [1.29, 1.82) is 0 Å². The predicted octanol–water partition coefficient (Wildman–Crippen LogP) is 4.04. The van der Waals surface area contributed by atoms with E-state index in [2.05, 4.69) is 0 Å². The first-order chi connectivity index (χ1) is 12.8. The third-order valence-corrected chi connectivity index (χ3v) is 8.64. The molecular formula is C18H20Cl2N2O3S2. The lowest BCUT2D eigenvalue weighted by Crippen LogP contribution is -2.27. The molecule has 0 atom stereocenters. The molecule has 2 aromatic rings. The van der Waals surface area contributed by atoms with Crippen LogP contribution in [0.4, 0.5) is 0 Å². The molecule has 0 unspecified atom stereocenters. The summed E-state index contributed by atoms with van der Waals surface area (Å²) >= 11 is 13.1. The van der Waals surface area contributed by atoms with Crippen LogP contribution < -0.4 is 0 Å². The standard InChI is InChI=1S/C18H20Cl2N2O3S2/c1-21(12-13-4-6-15(19)16(20)10-13)17(23)11-14-5-7-18(26-14)27(24,25)22-8-2-3-9-22/h4-7,10H,2-3,8-9,11-12H2,1H3. The fourth-order valence-corrected chi connectivity index (χ4v) is 6.27. The van der Waals surface area contributed by atoms with Gasteiger partial charge in [0.2, 0.25) is 5.91 Å². The second-order valence-corrected chi connectivity index (χ2v) is 10.7. The molecule has 2 heterocycles. The van der Waals surface area contributed by atoms with E-state index in [-0.39, 0.29) is 12.3 Å². The van der Waals surface area contributed by atoms with Crippen molar-refractivity contribution in [2.45, 2.75) is 30.0 Å². The fraction of sp³-hybridized carbons (Fsp3) is 0.389. The Kier molecular flexibility index (Phi) is 6.48. The number of hydrogen-bond acceptors (Lipinski definition) is 4. The summed E-state index contributed by atoms with van der Waals surface area (Å²) in [7, 11) is -1.72. The van der Waals surface area contributed by atoms with Crippen molar-refractivity contribution in [3.63, 3.8) is 0 Å². The minimum Gasteiger partial charge on any atom is -0.341 e. The molecule has 146 valence electrons. The van der Waals surface area contributed by atoms with Crippen LogP contribution in [-0.2, 0) is 27.8 Å². The van der Waals surface area contributed by atoms with Gasteiger partial charge < -0.3 is 4.90 Å². The highest BCUT2D eigenvalue weighted by atomic mass is 35.5. The zero-order valence-electron chi connectivity index (χ0n) is 14.8.